The van der Waals surface area contributed by atoms with Gasteiger partial charge in [-0.25, -0.2) is 14.4 Å². The van der Waals surface area contributed by atoms with Crippen LogP contribution in [0.15, 0.2) is 67.1 Å². The third-order valence-electron chi connectivity index (χ3n) is 8.13. The number of H-pyrrole nitrogens is 2. The number of halogens is 1. The molecule has 1 aromatic carbocycles. The number of fused-ring (bicyclic) bond motifs is 2. The van der Waals surface area contributed by atoms with Gasteiger partial charge >= 0.3 is 0 Å². The number of aromatic amines is 2. The number of likely N-dealkylation sites (N-methyl/N-ethyl adjacent to an activating group) is 1. The maximum Gasteiger partial charge on any atom is 0.138 e. The van der Waals surface area contributed by atoms with Crippen molar-refractivity contribution in [2.24, 2.45) is 0 Å². The van der Waals surface area contributed by atoms with Crippen LogP contribution < -0.4 is 4.74 Å². The van der Waals surface area contributed by atoms with Gasteiger partial charge in [-0.1, -0.05) is 6.42 Å². The van der Waals surface area contributed by atoms with E-state index in [9.17, 15) is 4.39 Å². The molecule has 9 nitrogen and oxygen atoms in total. The van der Waals surface area contributed by atoms with E-state index in [0.29, 0.717) is 29.3 Å². The van der Waals surface area contributed by atoms with Gasteiger partial charge in [0.2, 0.25) is 0 Å². The molecule has 44 heavy (non-hydrogen) atoms. The fourth-order valence-corrected chi connectivity index (χ4v) is 5.89. The van der Waals surface area contributed by atoms with E-state index in [4.69, 9.17) is 9.72 Å². The highest BCUT2D eigenvalue weighted by molar-refractivity contribution is 5.99. The summed E-state index contributed by atoms with van der Waals surface area (Å²) in [4.78, 5) is 22.0. The van der Waals surface area contributed by atoms with E-state index in [-0.39, 0.29) is 5.82 Å². The molecule has 0 aliphatic carbocycles. The van der Waals surface area contributed by atoms with E-state index in [1.54, 1.807) is 6.20 Å². The molecular formula is C34H35FN8O. The highest BCUT2D eigenvalue weighted by Gasteiger charge is 2.17. The monoisotopic (exact) mass is 590 g/mol. The molecule has 1 aliphatic heterocycles. The van der Waals surface area contributed by atoms with Crippen LogP contribution in [0.3, 0.4) is 0 Å². The summed E-state index contributed by atoms with van der Waals surface area (Å²) >= 11 is 0. The summed E-state index contributed by atoms with van der Waals surface area (Å²) in [5, 5.41) is 8.59. The number of pyridine rings is 3. The Balaban J connectivity index is 1.21. The molecule has 0 amide bonds. The first kappa shape index (κ1) is 28.1. The zero-order valence-corrected chi connectivity index (χ0v) is 25.0. The third kappa shape index (κ3) is 5.91. The number of hydrogen-bond acceptors (Lipinski definition) is 7. The fourth-order valence-electron chi connectivity index (χ4n) is 5.89. The molecule has 6 aromatic rings. The van der Waals surface area contributed by atoms with Crippen LogP contribution in [0, 0.1) is 5.82 Å². The van der Waals surface area contributed by atoms with Gasteiger partial charge in [0.05, 0.1) is 16.9 Å². The number of ether oxygens (including phenoxy) is 1. The van der Waals surface area contributed by atoms with Gasteiger partial charge < -0.3 is 14.6 Å². The van der Waals surface area contributed by atoms with Crippen molar-refractivity contribution in [3.63, 3.8) is 0 Å². The largest absolute Gasteiger partial charge is 0.492 e. The standard InChI is InChI=1S/C34H35FN8O/c1-42(2)12-13-44-26-16-23(15-25(35)17-26)27-8-9-37-34-28(27)18-31(39-34)33-32-30(40-41-33)7-6-29(38-32)24-14-22(19-36-20-24)21-43-10-4-3-5-11-43/h6-9,14-20H,3-5,10-13,21H2,1-2H3,(H,37,39)(H,40,41). The minimum absolute atomic E-state index is 0.354. The Bertz CT molecular complexity index is 1920. The number of nitrogens with one attached hydrogen (secondary N) is 2. The van der Waals surface area contributed by atoms with Crippen molar-refractivity contribution in [1.29, 1.82) is 0 Å². The number of hydrogen-bond donors (Lipinski definition) is 2. The maximum atomic E-state index is 14.7. The normalized spacial score (nSPS) is 14.2. The minimum Gasteiger partial charge on any atom is -0.492 e. The van der Waals surface area contributed by atoms with Gasteiger partial charge in [-0.05, 0) is 99.2 Å². The molecule has 10 heteroatoms. The molecule has 1 saturated heterocycles. The second-order valence-electron chi connectivity index (χ2n) is 11.7. The Morgan fingerprint density at radius 3 is 2.73 bits per heavy atom. The summed E-state index contributed by atoms with van der Waals surface area (Å²) in [6, 6.07) is 14.9. The molecule has 1 aliphatic rings. The van der Waals surface area contributed by atoms with Gasteiger partial charge in [0.25, 0.3) is 0 Å². The van der Waals surface area contributed by atoms with Crippen molar-refractivity contribution >= 4 is 22.1 Å². The molecule has 0 saturated carbocycles. The lowest BCUT2D eigenvalue weighted by molar-refractivity contribution is 0.220. The predicted octanol–water partition coefficient (Wildman–Crippen LogP) is 6.30. The lowest BCUT2D eigenvalue weighted by Gasteiger charge is -2.26. The van der Waals surface area contributed by atoms with Crippen LogP contribution >= 0.6 is 0 Å². The van der Waals surface area contributed by atoms with Crippen molar-refractivity contribution in [3.05, 3.63) is 78.5 Å². The average Bonchev–Trinajstić information content (AvgIpc) is 3.65. The molecule has 0 radical (unpaired) electrons. The molecule has 5 aromatic heterocycles. The van der Waals surface area contributed by atoms with Crippen LogP contribution in [0.4, 0.5) is 4.39 Å². The third-order valence-corrected chi connectivity index (χ3v) is 8.13. The van der Waals surface area contributed by atoms with Gasteiger partial charge in [-0.15, -0.1) is 0 Å². The summed E-state index contributed by atoms with van der Waals surface area (Å²) in [6.07, 6.45) is 9.37. The van der Waals surface area contributed by atoms with E-state index in [1.165, 1.54) is 37.0 Å². The lowest BCUT2D eigenvalue weighted by atomic mass is 10.0. The van der Waals surface area contributed by atoms with Crippen LogP contribution in [-0.4, -0.2) is 80.3 Å². The summed E-state index contributed by atoms with van der Waals surface area (Å²) in [6.45, 7) is 4.38. The maximum absolute atomic E-state index is 14.7. The highest BCUT2D eigenvalue weighted by Crippen LogP contribution is 2.35. The first-order valence-corrected chi connectivity index (χ1v) is 15.1. The predicted molar refractivity (Wildman–Crippen MR) is 171 cm³/mol. The lowest BCUT2D eigenvalue weighted by Crippen LogP contribution is -2.29. The van der Waals surface area contributed by atoms with Crippen LogP contribution in [0.1, 0.15) is 24.8 Å². The Morgan fingerprint density at radius 1 is 0.977 bits per heavy atom. The highest BCUT2D eigenvalue weighted by atomic mass is 19.1. The van der Waals surface area contributed by atoms with Crippen molar-refractivity contribution in [1.82, 2.24) is 39.9 Å². The Morgan fingerprint density at radius 2 is 1.86 bits per heavy atom. The molecule has 1 fully saturated rings. The van der Waals surface area contributed by atoms with Gasteiger partial charge in [0.15, 0.2) is 0 Å². The van der Waals surface area contributed by atoms with Crippen molar-refractivity contribution < 1.29 is 9.13 Å². The molecule has 0 bridgehead atoms. The SMILES string of the molecule is CN(C)CCOc1cc(F)cc(-c2ccnc3[nH]c(-c4n[nH]c5ccc(-c6cncc(CN7CCCCC7)c6)nc45)cc23)c1. The average molecular weight is 591 g/mol. The van der Waals surface area contributed by atoms with E-state index in [0.717, 1.165) is 65.1 Å². The molecule has 0 atom stereocenters. The van der Waals surface area contributed by atoms with Crippen LogP contribution in [0.2, 0.25) is 0 Å². The van der Waals surface area contributed by atoms with E-state index in [1.807, 2.05) is 61.7 Å². The number of benzene rings is 1. The number of nitrogens with zero attached hydrogens (tertiary/aromatic N) is 6. The molecule has 0 unspecified atom stereocenters. The van der Waals surface area contributed by atoms with E-state index >= 15 is 0 Å². The molecule has 6 heterocycles. The Labute approximate surface area is 255 Å². The second kappa shape index (κ2) is 12.1. The number of rotatable bonds is 9. The van der Waals surface area contributed by atoms with Crippen molar-refractivity contribution in [2.75, 3.05) is 40.3 Å². The summed E-state index contributed by atoms with van der Waals surface area (Å²) in [5.74, 6) is 0.139. The molecule has 0 spiro atoms. The number of piperidine rings is 1. The fraction of sp³-hybridized carbons (Fsp3) is 0.294. The smallest absolute Gasteiger partial charge is 0.138 e. The van der Waals surface area contributed by atoms with Crippen LogP contribution in [-0.2, 0) is 6.54 Å². The van der Waals surface area contributed by atoms with E-state index in [2.05, 4.69) is 36.1 Å². The number of likely N-dealkylation sites (tertiary alicyclic amines) is 1. The van der Waals surface area contributed by atoms with Gasteiger partial charge in [-0.3, -0.25) is 15.0 Å². The second-order valence-corrected chi connectivity index (χ2v) is 11.7. The molecule has 2 N–H and O–H groups in total. The first-order chi connectivity index (χ1) is 21.5. The molecule has 224 valence electrons. The van der Waals surface area contributed by atoms with Gasteiger partial charge in [0, 0.05) is 48.7 Å². The quantitative estimate of drug-likeness (QED) is 0.204. The molecular weight excluding hydrogens is 555 g/mol. The minimum atomic E-state index is -0.354. The van der Waals surface area contributed by atoms with Crippen LogP contribution in [0.25, 0.3) is 55.8 Å². The number of aromatic nitrogens is 6. The van der Waals surface area contributed by atoms with Gasteiger partial charge in [0.1, 0.15) is 35.0 Å². The van der Waals surface area contributed by atoms with E-state index < -0.39 is 0 Å². The Hall–Kier alpha value is -4.67. The topological polar surface area (TPSA) is 98.8 Å². The zero-order chi connectivity index (χ0) is 30.0. The summed E-state index contributed by atoms with van der Waals surface area (Å²) in [7, 11) is 3.95. The van der Waals surface area contributed by atoms with Crippen LogP contribution in [0.5, 0.6) is 5.75 Å². The van der Waals surface area contributed by atoms with Crippen molar-refractivity contribution in [3.8, 4) is 39.5 Å². The summed E-state index contributed by atoms with van der Waals surface area (Å²) in [5.41, 5.74) is 8.29. The zero-order valence-electron chi connectivity index (χ0n) is 25.0. The summed E-state index contributed by atoms with van der Waals surface area (Å²) < 4.78 is 20.5. The van der Waals surface area contributed by atoms with Crippen molar-refractivity contribution in [2.45, 2.75) is 25.8 Å². The molecule has 7 rings (SSSR count). The Kier molecular flexibility index (Phi) is 7.76. The van der Waals surface area contributed by atoms with Gasteiger partial charge in [-0.2, -0.15) is 5.10 Å². The first-order valence-electron chi connectivity index (χ1n) is 15.1.